The van der Waals surface area contributed by atoms with E-state index in [1.807, 2.05) is 27.7 Å². The second-order valence-corrected chi connectivity index (χ2v) is 4.95. The average molecular weight is 251 g/mol. The Morgan fingerprint density at radius 2 is 2.06 bits per heavy atom. The molecule has 1 aromatic rings. The van der Waals surface area contributed by atoms with Gasteiger partial charge in [-0.1, -0.05) is 0 Å². The Labute approximate surface area is 108 Å². The third-order valence-corrected chi connectivity index (χ3v) is 1.93. The number of nitrogens with zero attached hydrogens (tertiary/aromatic N) is 2. The van der Waals surface area contributed by atoms with E-state index < -0.39 is 0 Å². The van der Waals surface area contributed by atoms with Gasteiger partial charge >= 0.3 is 0 Å². The van der Waals surface area contributed by atoms with Crippen LogP contribution in [0.25, 0.3) is 0 Å². The zero-order valence-corrected chi connectivity index (χ0v) is 11.4. The fraction of sp³-hybridized carbons (Fsp3) is 0.583. The minimum absolute atomic E-state index is 0.0638. The Bertz CT molecular complexity index is 400. The van der Waals surface area contributed by atoms with E-state index in [9.17, 15) is 4.79 Å². The third-order valence-electron chi connectivity index (χ3n) is 1.93. The van der Waals surface area contributed by atoms with Crippen molar-refractivity contribution in [1.29, 1.82) is 0 Å². The van der Waals surface area contributed by atoms with E-state index in [1.165, 1.54) is 0 Å². The molecule has 1 rings (SSSR count). The molecule has 0 aliphatic carbocycles. The molecule has 1 aromatic heterocycles. The topological polar surface area (TPSA) is 78.9 Å². The number of hydrogen-bond acceptors (Lipinski definition) is 5. The van der Waals surface area contributed by atoms with E-state index in [0.29, 0.717) is 11.8 Å². The summed E-state index contributed by atoms with van der Waals surface area (Å²) in [5, 5.41) is 8.84. The molecule has 0 atom stereocenters. The lowest BCUT2D eigenvalue weighted by molar-refractivity contribution is -0.120. The molecule has 0 saturated heterocycles. The highest BCUT2D eigenvalue weighted by Gasteiger charge is 2.13. The van der Waals surface area contributed by atoms with Gasteiger partial charge in [-0.15, -0.1) is 0 Å². The molecule has 100 valence electrons. The minimum Gasteiger partial charge on any atom is -0.361 e. The summed E-state index contributed by atoms with van der Waals surface area (Å²) in [6, 6.07) is 1.73. The SMILES string of the molecule is CCNc1nccc(NCC(=O)NC(C)(C)C)n1. The van der Waals surface area contributed by atoms with E-state index in [1.54, 1.807) is 12.3 Å². The van der Waals surface area contributed by atoms with Gasteiger partial charge in [0.2, 0.25) is 11.9 Å². The lowest BCUT2D eigenvalue weighted by Crippen LogP contribution is -2.43. The van der Waals surface area contributed by atoms with Gasteiger partial charge in [0.1, 0.15) is 5.82 Å². The number of anilines is 2. The fourth-order valence-electron chi connectivity index (χ4n) is 1.33. The quantitative estimate of drug-likeness (QED) is 0.733. The van der Waals surface area contributed by atoms with Crippen LogP contribution >= 0.6 is 0 Å². The number of aromatic nitrogens is 2. The van der Waals surface area contributed by atoms with Gasteiger partial charge in [0, 0.05) is 18.3 Å². The van der Waals surface area contributed by atoms with Crippen molar-refractivity contribution in [2.45, 2.75) is 33.2 Å². The molecule has 0 aliphatic heterocycles. The molecule has 18 heavy (non-hydrogen) atoms. The largest absolute Gasteiger partial charge is 0.361 e. The summed E-state index contributed by atoms with van der Waals surface area (Å²) >= 11 is 0. The maximum Gasteiger partial charge on any atom is 0.239 e. The van der Waals surface area contributed by atoms with Gasteiger partial charge in [-0.2, -0.15) is 4.98 Å². The van der Waals surface area contributed by atoms with Crippen LogP contribution in [0, 0.1) is 0 Å². The lowest BCUT2D eigenvalue weighted by Gasteiger charge is -2.20. The molecule has 0 spiro atoms. The zero-order chi connectivity index (χ0) is 13.6. The Balaban J connectivity index is 2.48. The summed E-state index contributed by atoms with van der Waals surface area (Å²) in [7, 11) is 0. The van der Waals surface area contributed by atoms with Gasteiger partial charge in [0.25, 0.3) is 0 Å². The summed E-state index contributed by atoms with van der Waals surface area (Å²) in [4.78, 5) is 19.9. The summed E-state index contributed by atoms with van der Waals surface area (Å²) in [6.45, 7) is 8.75. The number of carbonyl (C=O) groups excluding carboxylic acids is 1. The van der Waals surface area contributed by atoms with Crippen molar-refractivity contribution in [3.8, 4) is 0 Å². The first-order valence-electron chi connectivity index (χ1n) is 6.02. The monoisotopic (exact) mass is 251 g/mol. The van der Waals surface area contributed by atoms with Gasteiger partial charge < -0.3 is 16.0 Å². The smallest absolute Gasteiger partial charge is 0.239 e. The van der Waals surface area contributed by atoms with Crippen molar-refractivity contribution in [3.05, 3.63) is 12.3 Å². The lowest BCUT2D eigenvalue weighted by atomic mass is 10.1. The Morgan fingerprint density at radius 1 is 1.33 bits per heavy atom. The molecule has 0 aromatic carbocycles. The van der Waals surface area contributed by atoms with E-state index in [-0.39, 0.29) is 18.0 Å². The maximum absolute atomic E-state index is 11.6. The summed E-state index contributed by atoms with van der Waals surface area (Å²) in [6.07, 6.45) is 1.65. The zero-order valence-electron chi connectivity index (χ0n) is 11.4. The van der Waals surface area contributed by atoms with Gasteiger partial charge in [-0.25, -0.2) is 4.98 Å². The van der Waals surface area contributed by atoms with Crippen LogP contribution in [0.15, 0.2) is 12.3 Å². The van der Waals surface area contributed by atoms with Gasteiger partial charge in [-0.3, -0.25) is 4.79 Å². The molecule has 0 saturated carbocycles. The Kier molecular flexibility index (Phi) is 4.88. The van der Waals surface area contributed by atoms with Crippen LogP contribution in [0.5, 0.6) is 0 Å². The van der Waals surface area contributed by atoms with Crippen molar-refractivity contribution in [2.75, 3.05) is 23.7 Å². The van der Waals surface area contributed by atoms with Gasteiger partial charge in [0.05, 0.1) is 6.54 Å². The van der Waals surface area contributed by atoms with Crippen LogP contribution in [-0.4, -0.2) is 34.5 Å². The first-order valence-corrected chi connectivity index (χ1v) is 6.02. The predicted molar refractivity (Wildman–Crippen MR) is 72.6 cm³/mol. The summed E-state index contributed by atoms with van der Waals surface area (Å²) in [5.41, 5.74) is -0.223. The molecule has 3 N–H and O–H groups in total. The highest BCUT2D eigenvalue weighted by molar-refractivity contribution is 5.81. The van der Waals surface area contributed by atoms with Crippen molar-refractivity contribution in [2.24, 2.45) is 0 Å². The second kappa shape index (κ2) is 6.18. The molecular formula is C12H21N5O. The van der Waals surface area contributed by atoms with Crippen molar-refractivity contribution in [3.63, 3.8) is 0 Å². The van der Waals surface area contributed by atoms with E-state index in [4.69, 9.17) is 0 Å². The van der Waals surface area contributed by atoms with Crippen molar-refractivity contribution < 1.29 is 4.79 Å². The number of carbonyl (C=O) groups is 1. The molecule has 0 aliphatic rings. The average Bonchev–Trinajstić information content (AvgIpc) is 2.25. The van der Waals surface area contributed by atoms with E-state index in [2.05, 4.69) is 25.9 Å². The molecule has 0 bridgehead atoms. The van der Waals surface area contributed by atoms with Crippen LogP contribution < -0.4 is 16.0 Å². The predicted octanol–water partition coefficient (Wildman–Crippen LogP) is 1.23. The fourth-order valence-corrected chi connectivity index (χ4v) is 1.33. The number of amides is 1. The standard InChI is InChI=1S/C12H21N5O/c1-5-13-11-14-7-6-9(16-11)15-8-10(18)17-12(2,3)4/h6-7H,5,8H2,1-4H3,(H,17,18)(H2,13,14,15,16). The van der Waals surface area contributed by atoms with Crippen LogP contribution in [0.1, 0.15) is 27.7 Å². The number of nitrogens with one attached hydrogen (secondary N) is 3. The third kappa shape index (κ3) is 5.47. The number of rotatable bonds is 5. The normalized spacial score (nSPS) is 10.9. The maximum atomic E-state index is 11.6. The molecule has 1 amide bonds. The first-order chi connectivity index (χ1) is 8.40. The minimum atomic E-state index is -0.223. The summed E-state index contributed by atoms with van der Waals surface area (Å²) < 4.78 is 0. The highest BCUT2D eigenvalue weighted by Crippen LogP contribution is 2.05. The van der Waals surface area contributed by atoms with E-state index >= 15 is 0 Å². The number of hydrogen-bond donors (Lipinski definition) is 3. The second-order valence-electron chi connectivity index (χ2n) is 4.95. The molecule has 6 nitrogen and oxygen atoms in total. The molecule has 0 fully saturated rings. The Morgan fingerprint density at radius 3 is 2.67 bits per heavy atom. The van der Waals surface area contributed by atoms with E-state index in [0.717, 1.165) is 6.54 Å². The van der Waals surface area contributed by atoms with Gasteiger partial charge in [-0.05, 0) is 33.8 Å². The highest BCUT2D eigenvalue weighted by atomic mass is 16.2. The Hall–Kier alpha value is -1.85. The first kappa shape index (κ1) is 14.2. The van der Waals surface area contributed by atoms with Crippen LogP contribution in [0.3, 0.4) is 0 Å². The van der Waals surface area contributed by atoms with Crippen LogP contribution in [0.2, 0.25) is 0 Å². The molecule has 0 radical (unpaired) electrons. The van der Waals surface area contributed by atoms with Crippen LogP contribution in [0.4, 0.5) is 11.8 Å². The van der Waals surface area contributed by atoms with Crippen LogP contribution in [-0.2, 0) is 4.79 Å². The molecular weight excluding hydrogens is 230 g/mol. The van der Waals surface area contributed by atoms with Crippen molar-refractivity contribution >= 4 is 17.7 Å². The summed E-state index contributed by atoms with van der Waals surface area (Å²) in [5.74, 6) is 1.12. The molecule has 6 heteroatoms. The van der Waals surface area contributed by atoms with Crippen molar-refractivity contribution in [1.82, 2.24) is 15.3 Å². The molecule has 1 heterocycles. The van der Waals surface area contributed by atoms with Gasteiger partial charge in [0.15, 0.2) is 0 Å². The molecule has 0 unspecified atom stereocenters.